The van der Waals surface area contributed by atoms with Crippen LogP contribution in [0, 0.1) is 0 Å². The maximum Gasteiger partial charge on any atom is 0.164 e. The van der Waals surface area contributed by atoms with E-state index < -0.39 is 5.41 Å². The lowest BCUT2D eigenvalue weighted by atomic mass is 9.65. The fourth-order valence-corrected chi connectivity index (χ4v) is 10.7. The molecule has 0 unspecified atom stereocenters. The number of fused-ring (bicyclic) bond motifs is 12. The van der Waals surface area contributed by atoms with E-state index in [1.807, 2.05) is 60.7 Å². The van der Waals surface area contributed by atoms with Gasteiger partial charge < -0.3 is 4.74 Å². The van der Waals surface area contributed by atoms with Gasteiger partial charge >= 0.3 is 0 Å². The molecule has 0 fully saturated rings. The van der Waals surface area contributed by atoms with Crippen molar-refractivity contribution in [1.82, 2.24) is 24.9 Å². The van der Waals surface area contributed by atoms with Crippen LogP contribution < -0.4 is 4.74 Å². The average Bonchev–Trinajstić information content (AvgIpc) is 3.79. The molecule has 1 aliphatic heterocycles. The van der Waals surface area contributed by atoms with Gasteiger partial charge in [0.1, 0.15) is 11.5 Å². The monoisotopic (exact) mass is 833 g/mol. The van der Waals surface area contributed by atoms with Gasteiger partial charge in [0.15, 0.2) is 23.3 Å². The zero-order chi connectivity index (χ0) is 43.3. The molecule has 3 heterocycles. The molecule has 10 aromatic rings. The molecule has 6 heteroatoms. The molecule has 2 aliphatic carbocycles. The largest absolute Gasteiger partial charge is 0.457 e. The van der Waals surface area contributed by atoms with Crippen LogP contribution in [0.15, 0.2) is 200 Å². The van der Waals surface area contributed by atoms with Crippen molar-refractivity contribution in [2.45, 2.75) is 24.7 Å². The number of benzene rings is 8. The zero-order valence-electron chi connectivity index (χ0n) is 35.7. The van der Waals surface area contributed by atoms with Crippen molar-refractivity contribution in [3.63, 3.8) is 0 Å². The second-order valence-corrected chi connectivity index (χ2v) is 17.5. The minimum atomic E-state index is -0.789. The van der Waals surface area contributed by atoms with Crippen LogP contribution in [0.3, 0.4) is 0 Å². The number of hydrogen-bond acceptors (Lipinski definition) is 6. The summed E-state index contributed by atoms with van der Waals surface area (Å²) < 4.78 is 6.79. The van der Waals surface area contributed by atoms with E-state index in [1.165, 1.54) is 11.1 Å². The van der Waals surface area contributed by atoms with E-state index in [0.717, 1.165) is 89.6 Å². The first-order chi connectivity index (χ1) is 32.0. The topological polar surface area (TPSA) is 73.7 Å². The standard InChI is InChI=1S/C59H39N5O/c1-58(2)44-28-13-12-25-41(44)50-52(36-19-6-3-7-20-36)60-57(61-53(50)58)42-27-18-26-40-43-35-39(56-63-54(37-21-8-4-9-22-37)62-55(64-56)38-23-10-5-11-24-38)33-34-45(43)59(51(40)42)46-29-14-16-31-48(46)65-49-32-17-15-30-47(49)59/h3-35H,1-2H3. The Hall–Kier alpha value is -8.35. The van der Waals surface area contributed by atoms with Crippen molar-refractivity contribution in [2.24, 2.45) is 0 Å². The van der Waals surface area contributed by atoms with Gasteiger partial charge in [-0.1, -0.05) is 196 Å². The van der Waals surface area contributed by atoms with Crippen molar-refractivity contribution in [1.29, 1.82) is 0 Å². The highest BCUT2D eigenvalue weighted by Gasteiger charge is 2.53. The Kier molecular flexibility index (Phi) is 8.06. The highest BCUT2D eigenvalue weighted by atomic mass is 16.5. The molecule has 13 rings (SSSR count). The van der Waals surface area contributed by atoms with Gasteiger partial charge in [0.2, 0.25) is 0 Å². The fraction of sp³-hybridized carbons (Fsp3) is 0.0678. The molecule has 8 aromatic carbocycles. The molecular weight excluding hydrogens is 795 g/mol. The van der Waals surface area contributed by atoms with Crippen LogP contribution in [-0.4, -0.2) is 24.9 Å². The van der Waals surface area contributed by atoms with Crippen LogP contribution in [-0.2, 0) is 10.8 Å². The minimum Gasteiger partial charge on any atom is -0.457 e. The lowest BCUT2D eigenvalue weighted by Crippen LogP contribution is -2.32. The van der Waals surface area contributed by atoms with Gasteiger partial charge in [-0.05, 0) is 51.6 Å². The van der Waals surface area contributed by atoms with E-state index in [-0.39, 0.29) is 5.41 Å². The highest BCUT2D eigenvalue weighted by molar-refractivity contribution is 5.96. The second kappa shape index (κ2) is 14.1. The smallest absolute Gasteiger partial charge is 0.164 e. The van der Waals surface area contributed by atoms with Crippen molar-refractivity contribution in [2.75, 3.05) is 0 Å². The van der Waals surface area contributed by atoms with Crippen LogP contribution >= 0.6 is 0 Å². The lowest BCUT2D eigenvalue weighted by Gasteiger charge is -2.40. The third-order valence-corrected chi connectivity index (χ3v) is 13.6. The predicted molar refractivity (Wildman–Crippen MR) is 258 cm³/mol. The van der Waals surface area contributed by atoms with E-state index in [4.69, 9.17) is 29.7 Å². The normalized spacial score (nSPS) is 14.1. The molecule has 0 radical (unpaired) electrons. The molecule has 0 atom stereocenters. The molecule has 0 N–H and O–H groups in total. The summed E-state index contributed by atoms with van der Waals surface area (Å²) in [4.78, 5) is 26.7. The van der Waals surface area contributed by atoms with Crippen LogP contribution in [0.1, 0.15) is 47.4 Å². The molecule has 6 nitrogen and oxygen atoms in total. The summed E-state index contributed by atoms with van der Waals surface area (Å²) in [5.74, 6) is 4.16. The number of ether oxygens (including phenoxy) is 1. The number of nitrogens with zero attached hydrogens (tertiary/aromatic N) is 5. The third-order valence-electron chi connectivity index (χ3n) is 13.6. The van der Waals surface area contributed by atoms with Gasteiger partial charge in [-0.25, -0.2) is 24.9 Å². The van der Waals surface area contributed by atoms with Gasteiger partial charge in [-0.15, -0.1) is 0 Å². The Balaban J connectivity index is 1.11. The Bertz CT molecular complexity index is 3450. The number of aromatic nitrogens is 5. The van der Waals surface area contributed by atoms with Crippen molar-refractivity contribution in [3.8, 4) is 90.6 Å². The van der Waals surface area contributed by atoms with E-state index in [0.29, 0.717) is 23.3 Å². The summed E-state index contributed by atoms with van der Waals surface area (Å²) in [6.07, 6.45) is 0. The molecule has 3 aliphatic rings. The Morgan fingerprint density at radius 3 is 1.49 bits per heavy atom. The summed E-state index contributed by atoms with van der Waals surface area (Å²) in [6, 6.07) is 69.8. The minimum absolute atomic E-state index is 0.361. The van der Waals surface area contributed by atoms with E-state index >= 15 is 0 Å². The molecular formula is C59H39N5O. The Morgan fingerprint density at radius 1 is 0.354 bits per heavy atom. The molecule has 0 amide bonds. The molecule has 65 heavy (non-hydrogen) atoms. The quantitative estimate of drug-likeness (QED) is 0.172. The van der Waals surface area contributed by atoms with Crippen LogP contribution in [0.25, 0.3) is 79.1 Å². The van der Waals surface area contributed by atoms with Crippen LogP contribution in [0.5, 0.6) is 11.5 Å². The molecule has 0 bridgehead atoms. The zero-order valence-corrected chi connectivity index (χ0v) is 35.7. The SMILES string of the molecule is CC1(C)c2ccccc2-c2c(-c3ccccc3)nc(-c3cccc4c3C3(c5ccccc5Oc5ccccc53)c3ccc(-c5nc(-c6ccccc6)nc(-c6ccccc6)n5)cc3-4)nc21. The molecule has 1 spiro atoms. The van der Waals surface area contributed by atoms with Crippen molar-refractivity contribution in [3.05, 3.63) is 234 Å². The summed E-state index contributed by atoms with van der Waals surface area (Å²) in [5, 5.41) is 0. The van der Waals surface area contributed by atoms with E-state index in [1.54, 1.807) is 0 Å². The second-order valence-electron chi connectivity index (χ2n) is 17.5. The molecule has 0 saturated carbocycles. The summed E-state index contributed by atoms with van der Waals surface area (Å²) in [6.45, 7) is 4.58. The highest BCUT2D eigenvalue weighted by Crippen LogP contribution is 2.64. The summed E-state index contributed by atoms with van der Waals surface area (Å²) in [7, 11) is 0. The number of hydrogen-bond donors (Lipinski definition) is 0. The van der Waals surface area contributed by atoms with E-state index in [2.05, 4.69) is 153 Å². The first-order valence-corrected chi connectivity index (χ1v) is 22.1. The van der Waals surface area contributed by atoms with Gasteiger partial charge in [-0.3, -0.25) is 0 Å². The van der Waals surface area contributed by atoms with Gasteiger partial charge in [0, 0.05) is 49.9 Å². The van der Waals surface area contributed by atoms with Crippen molar-refractivity contribution < 1.29 is 4.74 Å². The van der Waals surface area contributed by atoms with E-state index in [9.17, 15) is 0 Å². The first-order valence-electron chi connectivity index (χ1n) is 22.1. The third kappa shape index (κ3) is 5.44. The average molecular weight is 834 g/mol. The lowest BCUT2D eigenvalue weighted by molar-refractivity contribution is 0.436. The number of rotatable bonds is 5. The van der Waals surface area contributed by atoms with Crippen molar-refractivity contribution >= 4 is 0 Å². The summed E-state index contributed by atoms with van der Waals surface area (Å²) >= 11 is 0. The predicted octanol–water partition coefficient (Wildman–Crippen LogP) is 13.8. The number of para-hydroxylation sites is 2. The Morgan fingerprint density at radius 2 is 0.862 bits per heavy atom. The first kappa shape index (κ1) is 37.2. The van der Waals surface area contributed by atoms with Crippen LogP contribution in [0.4, 0.5) is 0 Å². The van der Waals surface area contributed by atoms with Gasteiger partial charge in [0.05, 0.1) is 16.8 Å². The molecule has 2 aromatic heterocycles. The van der Waals surface area contributed by atoms with Gasteiger partial charge in [0.25, 0.3) is 0 Å². The summed E-state index contributed by atoms with van der Waals surface area (Å²) in [5.41, 5.74) is 15.7. The fourth-order valence-electron chi connectivity index (χ4n) is 10.7. The maximum absolute atomic E-state index is 6.79. The van der Waals surface area contributed by atoms with Gasteiger partial charge in [-0.2, -0.15) is 0 Å². The van der Waals surface area contributed by atoms with Crippen LogP contribution in [0.2, 0.25) is 0 Å². The Labute approximate surface area is 377 Å². The molecule has 0 saturated heterocycles. The maximum atomic E-state index is 6.79. The molecule has 306 valence electrons.